The molecule has 0 unspecified atom stereocenters. The molecule has 0 atom stereocenters. The van der Waals surface area contributed by atoms with Gasteiger partial charge in [-0.2, -0.15) is 5.10 Å². The molecular weight excluding hydrogens is 406 g/mol. The highest BCUT2D eigenvalue weighted by Crippen LogP contribution is 2.26. The van der Waals surface area contributed by atoms with Crippen molar-refractivity contribution in [1.29, 1.82) is 0 Å². The zero-order valence-electron chi connectivity index (χ0n) is 14.1. The van der Waals surface area contributed by atoms with Crippen LogP contribution < -0.4 is 14.9 Å². The molecule has 1 N–H and O–H groups in total. The number of carbonyl (C=O) groups excluding carboxylic acids is 1. The van der Waals surface area contributed by atoms with Gasteiger partial charge in [-0.1, -0.05) is 15.9 Å². The molecule has 0 bridgehead atoms. The van der Waals surface area contributed by atoms with Crippen LogP contribution >= 0.6 is 15.9 Å². The number of methoxy groups -OCH3 is 1. The Kier molecular flexibility index (Phi) is 6.67. The number of hydrazone groups is 1. The maximum Gasteiger partial charge on any atom is 0.311 e. The number of carbonyl (C=O) groups is 1. The Morgan fingerprint density at radius 2 is 2.12 bits per heavy atom. The number of benzene rings is 2. The van der Waals surface area contributed by atoms with Crippen molar-refractivity contribution in [1.82, 2.24) is 5.43 Å². The number of nitro benzene ring substituents is 1. The molecule has 2 aromatic rings. The Morgan fingerprint density at radius 1 is 1.35 bits per heavy atom. The molecule has 26 heavy (non-hydrogen) atoms. The number of nitro groups is 1. The summed E-state index contributed by atoms with van der Waals surface area (Å²) in [6.07, 6.45) is 1.30. The molecule has 9 heteroatoms. The maximum absolute atomic E-state index is 11.7. The highest BCUT2D eigenvalue weighted by atomic mass is 79.9. The molecule has 0 radical (unpaired) electrons. The van der Waals surface area contributed by atoms with Crippen LogP contribution in [0.3, 0.4) is 0 Å². The third-order valence-electron chi connectivity index (χ3n) is 3.30. The van der Waals surface area contributed by atoms with Gasteiger partial charge in [-0.25, -0.2) is 5.43 Å². The Bertz CT molecular complexity index is 854. The van der Waals surface area contributed by atoms with E-state index in [1.807, 2.05) is 13.0 Å². The van der Waals surface area contributed by atoms with Crippen LogP contribution in [-0.2, 0) is 4.79 Å². The van der Waals surface area contributed by atoms with Crippen molar-refractivity contribution in [2.45, 2.75) is 6.92 Å². The largest absolute Gasteiger partial charge is 0.490 e. The number of hydrogen-bond acceptors (Lipinski definition) is 6. The quantitative estimate of drug-likeness (QED) is 0.419. The molecule has 1 amide bonds. The number of ether oxygens (including phenoxy) is 2. The molecule has 0 aromatic heterocycles. The molecule has 2 rings (SSSR count). The number of aryl methyl sites for hydroxylation is 1. The summed E-state index contributed by atoms with van der Waals surface area (Å²) in [7, 11) is 1.35. The summed E-state index contributed by atoms with van der Waals surface area (Å²) in [5.41, 5.74) is 3.55. The lowest BCUT2D eigenvalue weighted by Gasteiger charge is -2.06. The normalized spacial score (nSPS) is 10.6. The molecule has 0 saturated carbocycles. The van der Waals surface area contributed by atoms with Crippen LogP contribution in [0.1, 0.15) is 11.1 Å². The predicted octanol–water partition coefficient (Wildman–Crippen LogP) is 3.20. The van der Waals surface area contributed by atoms with Crippen LogP contribution in [0.25, 0.3) is 0 Å². The molecule has 0 heterocycles. The van der Waals surface area contributed by atoms with Crippen molar-refractivity contribution in [2.75, 3.05) is 13.7 Å². The van der Waals surface area contributed by atoms with E-state index in [2.05, 4.69) is 26.5 Å². The SMILES string of the molecule is COc1ccc(/C=N/NC(=O)COc2ccc(Br)c(C)c2)cc1[N+](=O)[O-]. The molecule has 8 nitrogen and oxygen atoms in total. The van der Waals surface area contributed by atoms with Crippen molar-refractivity contribution < 1.29 is 19.2 Å². The Labute approximate surface area is 158 Å². The van der Waals surface area contributed by atoms with Gasteiger partial charge in [-0.05, 0) is 42.8 Å². The van der Waals surface area contributed by atoms with E-state index in [0.29, 0.717) is 11.3 Å². The molecule has 0 fully saturated rings. The summed E-state index contributed by atoms with van der Waals surface area (Å²) < 4.78 is 11.2. The van der Waals surface area contributed by atoms with Crippen molar-refractivity contribution in [3.8, 4) is 11.5 Å². The Morgan fingerprint density at radius 3 is 2.77 bits per heavy atom. The van der Waals surface area contributed by atoms with E-state index in [-0.39, 0.29) is 18.0 Å². The number of nitrogens with one attached hydrogen (secondary N) is 1. The fourth-order valence-corrected chi connectivity index (χ4v) is 2.24. The monoisotopic (exact) mass is 421 g/mol. The fraction of sp³-hybridized carbons (Fsp3) is 0.176. The highest BCUT2D eigenvalue weighted by molar-refractivity contribution is 9.10. The fourth-order valence-electron chi connectivity index (χ4n) is 2.00. The van der Waals surface area contributed by atoms with Gasteiger partial charge in [0.1, 0.15) is 5.75 Å². The second-order valence-corrected chi connectivity index (χ2v) is 6.04. The van der Waals surface area contributed by atoms with Crippen LogP contribution in [0, 0.1) is 17.0 Å². The van der Waals surface area contributed by atoms with E-state index in [9.17, 15) is 14.9 Å². The molecule has 0 saturated heterocycles. The van der Waals surface area contributed by atoms with Gasteiger partial charge in [-0.3, -0.25) is 14.9 Å². The minimum atomic E-state index is -0.553. The topological polar surface area (TPSA) is 103 Å². The molecule has 0 aliphatic rings. The molecule has 0 aliphatic heterocycles. The van der Waals surface area contributed by atoms with Gasteiger partial charge < -0.3 is 9.47 Å². The van der Waals surface area contributed by atoms with Gasteiger partial charge in [0.15, 0.2) is 12.4 Å². The first-order valence-electron chi connectivity index (χ1n) is 7.44. The first-order chi connectivity index (χ1) is 12.4. The highest BCUT2D eigenvalue weighted by Gasteiger charge is 2.14. The van der Waals surface area contributed by atoms with E-state index in [4.69, 9.17) is 9.47 Å². The van der Waals surface area contributed by atoms with E-state index in [1.165, 1.54) is 25.5 Å². The molecular formula is C17H16BrN3O5. The standard InChI is InChI=1S/C17H16BrN3O5/c1-11-7-13(4-5-14(11)18)26-10-17(22)20-19-9-12-3-6-16(25-2)15(8-12)21(23)24/h3-9H,10H2,1-2H3,(H,20,22)/b19-9+. The summed E-state index contributed by atoms with van der Waals surface area (Å²) in [6.45, 7) is 1.70. The van der Waals surface area contributed by atoms with Crippen LogP contribution in [0.2, 0.25) is 0 Å². The van der Waals surface area contributed by atoms with Crippen LogP contribution in [0.5, 0.6) is 11.5 Å². The molecule has 2 aromatic carbocycles. The zero-order valence-corrected chi connectivity index (χ0v) is 15.6. The van der Waals surface area contributed by atoms with Gasteiger partial charge >= 0.3 is 5.69 Å². The van der Waals surface area contributed by atoms with Crippen molar-refractivity contribution in [3.63, 3.8) is 0 Å². The first-order valence-corrected chi connectivity index (χ1v) is 8.23. The Hall–Kier alpha value is -2.94. The second kappa shape index (κ2) is 8.95. The summed E-state index contributed by atoms with van der Waals surface area (Å²) in [6, 6.07) is 9.72. The zero-order chi connectivity index (χ0) is 19.1. The first kappa shape index (κ1) is 19.4. The smallest absolute Gasteiger partial charge is 0.311 e. The third kappa shape index (κ3) is 5.28. The summed E-state index contributed by atoms with van der Waals surface area (Å²) in [5, 5.41) is 14.7. The van der Waals surface area contributed by atoms with Gasteiger partial charge in [0.05, 0.1) is 18.2 Å². The van der Waals surface area contributed by atoms with Crippen LogP contribution in [0.4, 0.5) is 5.69 Å². The van der Waals surface area contributed by atoms with E-state index in [0.717, 1.165) is 10.0 Å². The van der Waals surface area contributed by atoms with Gasteiger partial charge in [0, 0.05) is 16.1 Å². The van der Waals surface area contributed by atoms with E-state index < -0.39 is 10.8 Å². The minimum Gasteiger partial charge on any atom is -0.490 e. The molecule has 0 spiro atoms. The van der Waals surface area contributed by atoms with Crippen LogP contribution in [0.15, 0.2) is 46.0 Å². The van der Waals surface area contributed by atoms with E-state index in [1.54, 1.807) is 18.2 Å². The third-order valence-corrected chi connectivity index (χ3v) is 4.19. The van der Waals surface area contributed by atoms with Crippen molar-refractivity contribution >= 4 is 33.7 Å². The lowest BCUT2D eigenvalue weighted by atomic mass is 10.2. The second-order valence-electron chi connectivity index (χ2n) is 5.18. The van der Waals surface area contributed by atoms with Crippen molar-refractivity contribution in [3.05, 3.63) is 62.1 Å². The van der Waals surface area contributed by atoms with Crippen LogP contribution in [-0.4, -0.2) is 30.8 Å². The van der Waals surface area contributed by atoms with E-state index >= 15 is 0 Å². The number of hydrogen-bond donors (Lipinski definition) is 1. The van der Waals surface area contributed by atoms with Gasteiger partial charge in [0.25, 0.3) is 5.91 Å². The molecule has 136 valence electrons. The predicted molar refractivity (Wildman–Crippen MR) is 99.8 cm³/mol. The average molecular weight is 422 g/mol. The average Bonchev–Trinajstić information content (AvgIpc) is 2.62. The number of halogens is 1. The lowest BCUT2D eigenvalue weighted by molar-refractivity contribution is -0.385. The van der Waals surface area contributed by atoms with Gasteiger partial charge in [-0.15, -0.1) is 0 Å². The minimum absolute atomic E-state index is 0.148. The summed E-state index contributed by atoms with van der Waals surface area (Å²) in [4.78, 5) is 22.2. The lowest BCUT2D eigenvalue weighted by Crippen LogP contribution is -2.24. The number of nitrogens with zero attached hydrogens (tertiary/aromatic N) is 2. The molecule has 0 aliphatic carbocycles. The van der Waals surface area contributed by atoms with Gasteiger partial charge in [0.2, 0.25) is 0 Å². The summed E-state index contributed by atoms with van der Waals surface area (Å²) in [5.74, 6) is 0.259. The van der Waals surface area contributed by atoms with Crippen molar-refractivity contribution in [2.24, 2.45) is 5.10 Å². The number of amides is 1. The number of rotatable bonds is 7. The maximum atomic E-state index is 11.7. The summed E-state index contributed by atoms with van der Waals surface area (Å²) >= 11 is 3.38. The Balaban J connectivity index is 1.91.